The minimum atomic E-state index is 0.199. The molecule has 1 aliphatic rings. The summed E-state index contributed by atoms with van der Waals surface area (Å²) in [6, 6.07) is 20.7. The van der Waals surface area contributed by atoms with E-state index in [-0.39, 0.29) is 6.04 Å². The summed E-state index contributed by atoms with van der Waals surface area (Å²) in [5.74, 6) is 0. The zero-order valence-electron chi connectivity index (χ0n) is 12.4. The van der Waals surface area contributed by atoms with E-state index in [0.717, 1.165) is 22.8 Å². The third-order valence-electron chi connectivity index (χ3n) is 4.04. The molecule has 0 aliphatic carbocycles. The molecule has 1 atom stereocenters. The Morgan fingerprint density at radius 3 is 2.48 bits per heavy atom. The van der Waals surface area contributed by atoms with E-state index in [4.69, 9.17) is 16.7 Å². The Hall–Kier alpha value is -2.10. The molecule has 1 aliphatic heterocycles. The first-order valence-corrected chi connectivity index (χ1v) is 8.83. The first-order valence-electron chi connectivity index (χ1n) is 7.51. The zero-order chi connectivity index (χ0) is 15.6. The van der Waals surface area contributed by atoms with Gasteiger partial charge in [0.15, 0.2) is 0 Å². The second-order valence-electron chi connectivity index (χ2n) is 5.51. The minimum Gasteiger partial charge on any atom is -0.257 e. The Kier molecular flexibility index (Phi) is 3.90. The van der Waals surface area contributed by atoms with Crippen molar-refractivity contribution in [3.8, 4) is 0 Å². The van der Waals surface area contributed by atoms with E-state index in [1.165, 1.54) is 11.1 Å². The molecule has 0 spiro atoms. The summed E-state index contributed by atoms with van der Waals surface area (Å²) in [6.45, 7) is 0. The Balaban J connectivity index is 1.74. The normalized spacial score (nSPS) is 17.3. The molecule has 0 N–H and O–H groups in total. The van der Waals surface area contributed by atoms with Crippen molar-refractivity contribution in [3.63, 3.8) is 0 Å². The lowest BCUT2D eigenvalue weighted by Crippen LogP contribution is -2.18. The van der Waals surface area contributed by atoms with Gasteiger partial charge in [0.2, 0.25) is 0 Å². The van der Waals surface area contributed by atoms with Crippen molar-refractivity contribution in [2.24, 2.45) is 5.10 Å². The van der Waals surface area contributed by atoms with Crippen molar-refractivity contribution >= 4 is 34.3 Å². The molecule has 114 valence electrons. The smallest absolute Gasteiger partial charge is 0.0831 e. The van der Waals surface area contributed by atoms with Crippen molar-refractivity contribution in [3.05, 3.63) is 87.6 Å². The number of benzene rings is 2. The zero-order valence-corrected chi connectivity index (χ0v) is 14.0. The average molecular weight is 339 g/mol. The molecule has 2 aromatic carbocycles. The number of para-hydroxylation sites is 1. The van der Waals surface area contributed by atoms with Gasteiger partial charge in [-0.05, 0) is 46.7 Å². The summed E-state index contributed by atoms with van der Waals surface area (Å²) in [7, 11) is 0. The molecule has 3 aromatic rings. The molecule has 1 unspecified atom stereocenters. The number of hydrazone groups is 1. The van der Waals surface area contributed by atoms with Crippen LogP contribution in [0.3, 0.4) is 0 Å². The molecule has 0 saturated carbocycles. The quantitative estimate of drug-likeness (QED) is 0.593. The van der Waals surface area contributed by atoms with Crippen LogP contribution >= 0.6 is 22.9 Å². The number of hydrogen-bond acceptors (Lipinski definition) is 3. The summed E-state index contributed by atoms with van der Waals surface area (Å²) < 4.78 is 0. The van der Waals surface area contributed by atoms with E-state index in [9.17, 15) is 0 Å². The van der Waals surface area contributed by atoms with Crippen molar-refractivity contribution in [2.45, 2.75) is 12.5 Å². The topological polar surface area (TPSA) is 15.6 Å². The summed E-state index contributed by atoms with van der Waals surface area (Å²) in [5.41, 5.74) is 4.69. The maximum atomic E-state index is 6.04. The second kappa shape index (κ2) is 6.19. The van der Waals surface area contributed by atoms with Gasteiger partial charge in [-0.1, -0.05) is 41.9 Å². The predicted octanol–water partition coefficient (Wildman–Crippen LogP) is 5.76. The molecule has 4 rings (SSSR count). The highest BCUT2D eigenvalue weighted by molar-refractivity contribution is 7.08. The lowest BCUT2D eigenvalue weighted by Gasteiger charge is -2.24. The molecule has 0 amide bonds. The number of nitrogens with zero attached hydrogens (tertiary/aromatic N) is 2. The van der Waals surface area contributed by atoms with Crippen LogP contribution in [0.2, 0.25) is 5.02 Å². The Morgan fingerprint density at radius 1 is 1.00 bits per heavy atom. The van der Waals surface area contributed by atoms with Gasteiger partial charge in [0, 0.05) is 17.0 Å². The van der Waals surface area contributed by atoms with Crippen LogP contribution in [-0.2, 0) is 0 Å². The van der Waals surface area contributed by atoms with Crippen molar-refractivity contribution in [1.82, 2.24) is 0 Å². The summed E-state index contributed by atoms with van der Waals surface area (Å²) in [6.07, 6.45) is 0.896. The van der Waals surface area contributed by atoms with Crippen LogP contribution in [0, 0.1) is 0 Å². The van der Waals surface area contributed by atoms with E-state index >= 15 is 0 Å². The average Bonchev–Trinajstić information content (AvgIpc) is 3.26. The van der Waals surface area contributed by atoms with Crippen LogP contribution < -0.4 is 5.01 Å². The summed E-state index contributed by atoms with van der Waals surface area (Å²) in [5, 5.41) is 12.0. The van der Waals surface area contributed by atoms with Gasteiger partial charge in [0.25, 0.3) is 0 Å². The Bertz CT molecular complexity index is 810. The lowest BCUT2D eigenvalue weighted by molar-refractivity contribution is 0.709. The molecule has 23 heavy (non-hydrogen) atoms. The van der Waals surface area contributed by atoms with Crippen LogP contribution in [-0.4, -0.2) is 5.71 Å². The SMILES string of the molecule is Clc1ccc(C2CC(c3ccsc3)=NN2c2ccccc2)cc1. The molecule has 2 nitrogen and oxygen atoms in total. The standard InChI is InChI=1S/C19H15ClN2S/c20-16-8-6-14(7-9-16)19-12-18(15-10-11-23-13-15)21-22(19)17-4-2-1-3-5-17/h1-11,13,19H,12H2. The largest absolute Gasteiger partial charge is 0.257 e. The number of anilines is 1. The fourth-order valence-corrected chi connectivity index (χ4v) is 3.67. The van der Waals surface area contributed by atoms with Gasteiger partial charge in [0.1, 0.15) is 0 Å². The van der Waals surface area contributed by atoms with E-state index in [1.807, 2.05) is 30.3 Å². The van der Waals surface area contributed by atoms with Crippen LogP contribution in [0.5, 0.6) is 0 Å². The summed E-state index contributed by atoms with van der Waals surface area (Å²) in [4.78, 5) is 0. The van der Waals surface area contributed by atoms with Crippen molar-refractivity contribution < 1.29 is 0 Å². The summed E-state index contributed by atoms with van der Waals surface area (Å²) >= 11 is 7.75. The molecule has 0 fully saturated rings. The van der Waals surface area contributed by atoms with Gasteiger partial charge < -0.3 is 0 Å². The molecular formula is C19H15ClN2S. The molecule has 1 aromatic heterocycles. The number of hydrogen-bond donors (Lipinski definition) is 0. The van der Waals surface area contributed by atoms with Crippen molar-refractivity contribution in [2.75, 3.05) is 5.01 Å². The van der Waals surface area contributed by atoms with Gasteiger partial charge in [0.05, 0.1) is 17.4 Å². The number of thiophene rings is 1. The molecular weight excluding hydrogens is 324 g/mol. The van der Waals surface area contributed by atoms with Crippen LogP contribution in [0.4, 0.5) is 5.69 Å². The maximum absolute atomic E-state index is 6.04. The highest BCUT2D eigenvalue weighted by Gasteiger charge is 2.29. The molecule has 2 heterocycles. The second-order valence-corrected chi connectivity index (χ2v) is 6.73. The van der Waals surface area contributed by atoms with E-state index < -0.39 is 0 Å². The molecule has 0 saturated heterocycles. The maximum Gasteiger partial charge on any atom is 0.0831 e. The first kappa shape index (κ1) is 14.5. The van der Waals surface area contributed by atoms with E-state index in [2.05, 4.69) is 46.1 Å². The van der Waals surface area contributed by atoms with E-state index in [0.29, 0.717) is 0 Å². The van der Waals surface area contributed by atoms with Crippen LogP contribution in [0.25, 0.3) is 0 Å². The number of halogens is 1. The first-order chi connectivity index (χ1) is 11.3. The van der Waals surface area contributed by atoms with Crippen LogP contribution in [0.15, 0.2) is 76.5 Å². The van der Waals surface area contributed by atoms with Gasteiger partial charge >= 0.3 is 0 Å². The lowest BCUT2D eigenvalue weighted by atomic mass is 9.99. The predicted molar refractivity (Wildman–Crippen MR) is 98.6 cm³/mol. The number of rotatable bonds is 3. The molecule has 0 bridgehead atoms. The minimum absolute atomic E-state index is 0.199. The third kappa shape index (κ3) is 2.90. The van der Waals surface area contributed by atoms with E-state index in [1.54, 1.807) is 11.3 Å². The van der Waals surface area contributed by atoms with Crippen LogP contribution in [0.1, 0.15) is 23.6 Å². The van der Waals surface area contributed by atoms with Gasteiger partial charge in [-0.25, -0.2) is 0 Å². The van der Waals surface area contributed by atoms with Gasteiger partial charge in [-0.2, -0.15) is 16.4 Å². The molecule has 4 heteroatoms. The highest BCUT2D eigenvalue weighted by Crippen LogP contribution is 2.37. The molecule has 0 radical (unpaired) electrons. The Labute approximate surface area is 144 Å². The third-order valence-corrected chi connectivity index (χ3v) is 4.98. The van der Waals surface area contributed by atoms with Gasteiger partial charge in [-0.3, -0.25) is 5.01 Å². The monoisotopic (exact) mass is 338 g/mol. The fourth-order valence-electron chi connectivity index (χ4n) is 2.88. The van der Waals surface area contributed by atoms with Crippen molar-refractivity contribution in [1.29, 1.82) is 0 Å². The fraction of sp³-hybridized carbons (Fsp3) is 0.105. The van der Waals surface area contributed by atoms with Gasteiger partial charge in [-0.15, -0.1) is 0 Å². The Morgan fingerprint density at radius 2 is 1.78 bits per heavy atom. The highest BCUT2D eigenvalue weighted by atomic mass is 35.5.